The van der Waals surface area contributed by atoms with Crippen LogP contribution in [-0.4, -0.2) is 27.4 Å². The van der Waals surface area contributed by atoms with Gasteiger partial charge < -0.3 is 4.74 Å². The highest BCUT2D eigenvalue weighted by molar-refractivity contribution is 8.13. The van der Waals surface area contributed by atoms with Gasteiger partial charge in [0.15, 0.2) is 0 Å². The molecule has 0 bridgehead atoms. The van der Waals surface area contributed by atoms with Crippen molar-refractivity contribution in [3.8, 4) is 0 Å². The molecule has 0 rings (SSSR count). The van der Waals surface area contributed by atoms with E-state index < -0.39 is 9.05 Å². The molecule has 0 atom stereocenters. The topological polar surface area (TPSA) is 43.4 Å². The van der Waals surface area contributed by atoms with Crippen molar-refractivity contribution < 1.29 is 13.2 Å². The first-order valence-corrected chi connectivity index (χ1v) is 8.87. The van der Waals surface area contributed by atoms with Crippen LogP contribution in [0.2, 0.25) is 0 Å². The lowest BCUT2D eigenvalue weighted by atomic mass is 9.82. The quantitative estimate of drug-likeness (QED) is 0.455. The van der Waals surface area contributed by atoms with Gasteiger partial charge in [0.25, 0.3) is 0 Å². The van der Waals surface area contributed by atoms with Gasteiger partial charge in [-0.1, -0.05) is 33.6 Å². The standard InChI is InChI=1S/C12H25ClO3S/c1-4-7-12(8-5-2,10-16-9-6-3)11-17(13,14)15/h4-11H2,1-3H3. The maximum Gasteiger partial charge on any atom is 0.233 e. The largest absolute Gasteiger partial charge is 0.381 e. The summed E-state index contributed by atoms with van der Waals surface area (Å²) in [6, 6.07) is 0. The lowest BCUT2D eigenvalue weighted by Crippen LogP contribution is -2.33. The van der Waals surface area contributed by atoms with E-state index in [4.69, 9.17) is 15.4 Å². The first kappa shape index (κ1) is 17.2. The highest BCUT2D eigenvalue weighted by Crippen LogP contribution is 2.33. The summed E-state index contributed by atoms with van der Waals surface area (Å²) in [5.41, 5.74) is -0.306. The van der Waals surface area contributed by atoms with Crippen molar-refractivity contribution in [3.05, 3.63) is 0 Å². The summed E-state index contributed by atoms with van der Waals surface area (Å²) in [4.78, 5) is 0. The fourth-order valence-electron chi connectivity index (χ4n) is 2.31. The predicted molar refractivity (Wildman–Crippen MR) is 73.0 cm³/mol. The summed E-state index contributed by atoms with van der Waals surface area (Å²) >= 11 is 0. The molecule has 0 aliphatic rings. The predicted octanol–water partition coefficient (Wildman–Crippen LogP) is 3.57. The maximum absolute atomic E-state index is 11.3. The molecule has 17 heavy (non-hydrogen) atoms. The fourth-order valence-corrected chi connectivity index (χ4v) is 4.11. The minimum Gasteiger partial charge on any atom is -0.381 e. The zero-order chi connectivity index (χ0) is 13.4. The number of rotatable bonds is 10. The molecule has 0 radical (unpaired) electrons. The Bertz CT molecular complexity index is 282. The third-order valence-electron chi connectivity index (χ3n) is 2.80. The van der Waals surface area contributed by atoms with Gasteiger partial charge in [-0.05, 0) is 19.3 Å². The Morgan fingerprint density at radius 2 is 1.59 bits per heavy atom. The Morgan fingerprint density at radius 3 is 1.94 bits per heavy atom. The molecule has 0 heterocycles. The number of halogens is 1. The number of hydrogen-bond acceptors (Lipinski definition) is 3. The van der Waals surface area contributed by atoms with E-state index in [0.717, 1.165) is 32.1 Å². The van der Waals surface area contributed by atoms with Gasteiger partial charge >= 0.3 is 0 Å². The first-order valence-electron chi connectivity index (χ1n) is 6.39. The van der Waals surface area contributed by atoms with E-state index in [2.05, 4.69) is 13.8 Å². The lowest BCUT2D eigenvalue weighted by molar-refractivity contribution is 0.0444. The number of ether oxygens (including phenoxy) is 1. The molecule has 0 aromatic heterocycles. The highest BCUT2D eigenvalue weighted by atomic mass is 35.7. The Balaban J connectivity index is 4.71. The van der Waals surface area contributed by atoms with Gasteiger partial charge in [0.1, 0.15) is 0 Å². The molecule has 0 aromatic carbocycles. The molecule has 5 heteroatoms. The molecule has 0 fully saturated rings. The molecule has 104 valence electrons. The van der Waals surface area contributed by atoms with Crippen LogP contribution in [0, 0.1) is 5.41 Å². The molecule has 0 saturated carbocycles. The van der Waals surface area contributed by atoms with Crippen molar-refractivity contribution in [1.29, 1.82) is 0 Å². The number of hydrogen-bond donors (Lipinski definition) is 0. The van der Waals surface area contributed by atoms with Gasteiger partial charge in [0.05, 0.1) is 12.4 Å². The molecular formula is C12H25ClO3S. The first-order chi connectivity index (χ1) is 7.89. The molecule has 0 amide bonds. The van der Waals surface area contributed by atoms with Crippen LogP contribution in [0.1, 0.15) is 52.9 Å². The van der Waals surface area contributed by atoms with Crippen LogP contribution in [0.4, 0.5) is 0 Å². The van der Waals surface area contributed by atoms with Gasteiger partial charge in [-0.15, -0.1) is 0 Å². The van der Waals surface area contributed by atoms with Gasteiger partial charge in [-0.3, -0.25) is 0 Å². The van der Waals surface area contributed by atoms with E-state index >= 15 is 0 Å². The summed E-state index contributed by atoms with van der Waals surface area (Å²) < 4.78 is 28.3. The fraction of sp³-hybridized carbons (Fsp3) is 1.00. The normalized spacial score (nSPS) is 12.9. The van der Waals surface area contributed by atoms with Gasteiger partial charge in [0.2, 0.25) is 9.05 Å². The summed E-state index contributed by atoms with van der Waals surface area (Å²) in [5, 5.41) is 0. The third kappa shape index (κ3) is 8.01. The van der Waals surface area contributed by atoms with E-state index in [1.807, 2.05) is 6.92 Å². The average molecular weight is 285 g/mol. The van der Waals surface area contributed by atoms with Crippen LogP contribution in [-0.2, 0) is 13.8 Å². The van der Waals surface area contributed by atoms with Crippen molar-refractivity contribution in [2.24, 2.45) is 5.41 Å². The molecule has 0 unspecified atom stereocenters. The Hall–Kier alpha value is 0.200. The van der Waals surface area contributed by atoms with Gasteiger partial charge in [0, 0.05) is 22.7 Å². The Morgan fingerprint density at radius 1 is 1.06 bits per heavy atom. The maximum atomic E-state index is 11.3. The van der Waals surface area contributed by atoms with Crippen LogP contribution in [0.15, 0.2) is 0 Å². The van der Waals surface area contributed by atoms with Crippen molar-refractivity contribution in [3.63, 3.8) is 0 Å². The zero-order valence-corrected chi connectivity index (χ0v) is 12.7. The second kappa shape index (κ2) is 8.33. The minimum absolute atomic E-state index is 0.0208. The second-order valence-electron chi connectivity index (χ2n) is 4.74. The van der Waals surface area contributed by atoms with E-state index in [1.165, 1.54) is 0 Å². The molecule has 0 spiro atoms. The summed E-state index contributed by atoms with van der Waals surface area (Å²) in [7, 11) is 1.95. The van der Waals surface area contributed by atoms with E-state index in [1.54, 1.807) is 0 Å². The van der Waals surface area contributed by atoms with Crippen LogP contribution >= 0.6 is 10.7 Å². The van der Waals surface area contributed by atoms with Gasteiger partial charge in [-0.2, -0.15) is 0 Å². The Kier molecular flexibility index (Phi) is 8.43. The SMILES string of the molecule is CCCOCC(CCC)(CCC)CS(=O)(=O)Cl. The molecule has 0 N–H and O–H groups in total. The molecule has 0 aromatic rings. The smallest absolute Gasteiger partial charge is 0.233 e. The van der Waals surface area contributed by atoms with Crippen LogP contribution in [0.5, 0.6) is 0 Å². The molecule has 0 aliphatic heterocycles. The zero-order valence-electron chi connectivity index (χ0n) is 11.2. The van der Waals surface area contributed by atoms with Crippen molar-refractivity contribution in [2.75, 3.05) is 19.0 Å². The molecule has 0 aliphatic carbocycles. The van der Waals surface area contributed by atoms with Crippen molar-refractivity contribution >= 4 is 19.7 Å². The van der Waals surface area contributed by atoms with Crippen molar-refractivity contribution in [2.45, 2.75) is 52.9 Å². The Labute approximate surface area is 110 Å². The van der Waals surface area contributed by atoms with E-state index in [0.29, 0.717) is 13.2 Å². The monoisotopic (exact) mass is 284 g/mol. The van der Waals surface area contributed by atoms with E-state index in [-0.39, 0.29) is 11.2 Å². The van der Waals surface area contributed by atoms with Crippen molar-refractivity contribution in [1.82, 2.24) is 0 Å². The van der Waals surface area contributed by atoms with E-state index in [9.17, 15) is 8.42 Å². The van der Waals surface area contributed by atoms with Crippen LogP contribution < -0.4 is 0 Å². The molecular weight excluding hydrogens is 260 g/mol. The lowest BCUT2D eigenvalue weighted by Gasteiger charge is -2.32. The third-order valence-corrected chi connectivity index (χ3v) is 4.08. The molecule has 0 saturated heterocycles. The van der Waals surface area contributed by atoms with Crippen LogP contribution in [0.25, 0.3) is 0 Å². The van der Waals surface area contributed by atoms with Crippen LogP contribution in [0.3, 0.4) is 0 Å². The average Bonchev–Trinajstić information content (AvgIpc) is 2.16. The summed E-state index contributed by atoms with van der Waals surface area (Å²) in [6.45, 7) is 7.34. The summed E-state index contributed by atoms with van der Waals surface area (Å²) in [5.74, 6) is 0.0208. The second-order valence-corrected chi connectivity index (χ2v) is 7.51. The molecule has 3 nitrogen and oxygen atoms in total. The summed E-state index contributed by atoms with van der Waals surface area (Å²) in [6.07, 6.45) is 4.53. The van der Waals surface area contributed by atoms with Gasteiger partial charge in [-0.25, -0.2) is 8.42 Å². The highest BCUT2D eigenvalue weighted by Gasteiger charge is 2.33. The minimum atomic E-state index is -3.47.